The van der Waals surface area contributed by atoms with Crippen LogP contribution < -0.4 is 0 Å². The number of benzene rings is 1. The molecule has 0 aromatic heterocycles. The molecule has 2 saturated heterocycles. The number of ether oxygens (including phenoxy) is 1. The number of nitrogens with zero attached hydrogens (tertiary/aromatic N) is 1. The second-order valence-electron chi connectivity index (χ2n) is 5.20. The molecule has 0 unspecified atom stereocenters. The number of carbonyl (C=O) groups is 1. The molecule has 0 amide bonds. The second-order valence-corrected chi connectivity index (χ2v) is 6.44. The topological polar surface area (TPSA) is 59.0 Å². The second kappa shape index (κ2) is 5.59. The van der Waals surface area contributed by atoms with Crippen LogP contribution in [0.5, 0.6) is 0 Å². The van der Waals surface area contributed by atoms with Crippen molar-refractivity contribution in [2.45, 2.75) is 31.7 Å². The highest BCUT2D eigenvalue weighted by Crippen LogP contribution is 2.38. The number of hydrogen-bond donors (Lipinski definition) is 1. The van der Waals surface area contributed by atoms with Crippen LogP contribution in [0.25, 0.3) is 0 Å². The fourth-order valence-corrected chi connectivity index (χ4v) is 3.58. The number of esters is 1. The molecule has 4 atom stereocenters. The minimum absolute atomic E-state index is 0.102. The monoisotopic (exact) mass is 389 g/mol. The van der Waals surface area contributed by atoms with Gasteiger partial charge in [-0.15, -0.1) is 0 Å². The molecule has 0 radical (unpaired) electrons. The van der Waals surface area contributed by atoms with Crippen LogP contribution in [0.4, 0.5) is 0 Å². The van der Waals surface area contributed by atoms with Crippen molar-refractivity contribution >= 4 is 28.6 Å². The molecule has 5 nitrogen and oxygen atoms in total. The van der Waals surface area contributed by atoms with Gasteiger partial charge < -0.3 is 9.84 Å². The van der Waals surface area contributed by atoms with E-state index >= 15 is 0 Å². The number of carbonyl (C=O) groups excluding carboxylic acids is 1. The van der Waals surface area contributed by atoms with Gasteiger partial charge in [0.15, 0.2) is 0 Å². The van der Waals surface area contributed by atoms with E-state index in [2.05, 4.69) is 28.7 Å². The fourth-order valence-electron chi connectivity index (χ4n) is 2.98. The highest BCUT2D eigenvalue weighted by Gasteiger charge is 2.55. The molecule has 20 heavy (non-hydrogen) atoms. The van der Waals surface area contributed by atoms with Gasteiger partial charge in [0, 0.05) is 3.57 Å². The Kier molecular flexibility index (Phi) is 3.98. The molecule has 0 bridgehead atoms. The number of rotatable bonds is 3. The molecule has 2 aliphatic heterocycles. The van der Waals surface area contributed by atoms with Crippen molar-refractivity contribution in [1.82, 2.24) is 5.06 Å². The zero-order valence-electron chi connectivity index (χ0n) is 11.0. The summed E-state index contributed by atoms with van der Waals surface area (Å²) in [4.78, 5) is 17.7. The van der Waals surface area contributed by atoms with Crippen molar-refractivity contribution in [3.63, 3.8) is 0 Å². The van der Waals surface area contributed by atoms with E-state index in [1.165, 1.54) is 0 Å². The zero-order chi connectivity index (χ0) is 14.3. The number of fused-ring (bicyclic) bond motifs is 1. The predicted molar refractivity (Wildman–Crippen MR) is 79.5 cm³/mol. The average Bonchev–Trinajstić information content (AvgIpc) is 2.90. The Balaban J connectivity index is 1.82. The summed E-state index contributed by atoms with van der Waals surface area (Å²) >= 11 is 2.25. The maximum atomic E-state index is 12.0. The highest BCUT2D eigenvalue weighted by molar-refractivity contribution is 14.1. The first kappa shape index (κ1) is 14.2. The molecule has 1 N–H and O–H groups in total. The van der Waals surface area contributed by atoms with Gasteiger partial charge in [0.1, 0.15) is 18.2 Å². The summed E-state index contributed by atoms with van der Waals surface area (Å²) in [5.74, 6) is -0.362. The Bertz CT molecular complexity index is 524. The van der Waals surface area contributed by atoms with E-state index in [-0.39, 0.29) is 30.7 Å². The van der Waals surface area contributed by atoms with Crippen LogP contribution in [0.2, 0.25) is 0 Å². The lowest BCUT2D eigenvalue weighted by atomic mass is 9.93. The molecule has 2 heterocycles. The van der Waals surface area contributed by atoms with Crippen LogP contribution in [0, 0.1) is 9.49 Å². The van der Waals surface area contributed by atoms with Crippen LogP contribution in [-0.2, 0) is 20.9 Å². The summed E-state index contributed by atoms with van der Waals surface area (Å²) in [6.07, 6.45) is -0.588. The van der Waals surface area contributed by atoms with Crippen molar-refractivity contribution in [2.24, 2.45) is 5.92 Å². The fraction of sp³-hybridized carbons (Fsp3) is 0.500. The predicted octanol–water partition coefficient (Wildman–Crippen LogP) is 1.33. The summed E-state index contributed by atoms with van der Waals surface area (Å²) in [7, 11) is 0. The first-order valence-electron chi connectivity index (χ1n) is 6.59. The smallest absolute Gasteiger partial charge is 0.326 e. The average molecular weight is 389 g/mol. The molecule has 0 saturated carbocycles. The van der Waals surface area contributed by atoms with Crippen molar-refractivity contribution < 1.29 is 19.5 Å². The Morgan fingerprint density at radius 2 is 2.25 bits per heavy atom. The lowest BCUT2D eigenvalue weighted by Gasteiger charge is -2.20. The first-order valence-corrected chi connectivity index (χ1v) is 7.67. The third-order valence-electron chi connectivity index (χ3n) is 3.87. The van der Waals surface area contributed by atoms with Gasteiger partial charge in [-0.3, -0.25) is 9.63 Å². The summed E-state index contributed by atoms with van der Waals surface area (Å²) in [5, 5.41) is 11.1. The lowest BCUT2D eigenvalue weighted by molar-refractivity contribution is -0.195. The van der Waals surface area contributed by atoms with Crippen LogP contribution in [0.15, 0.2) is 24.3 Å². The highest BCUT2D eigenvalue weighted by atomic mass is 127. The van der Waals surface area contributed by atoms with Crippen molar-refractivity contribution in [2.75, 3.05) is 6.61 Å². The van der Waals surface area contributed by atoms with Gasteiger partial charge in [0.2, 0.25) is 0 Å². The van der Waals surface area contributed by atoms with E-state index in [4.69, 9.17) is 9.57 Å². The van der Waals surface area contributed by atoms with E-state index < -0.39 is 6.04 Å². The number of halogens is 1. The van der Waals surface area contributed by atoms with E-state index in [0.717, 1.165) is 9.13 Å². The summed E-state index contributed by atoms with van der Waals surface area (Å²) < 4.78 is 6.41. The van der Waals surface area contributed by atoms with E-state index in [1.54, 1.807) is 5.06 Å². The van der Waals surface area contributed by atoms with E-state index in [0.29, 0.717) is 6.54 Å². The zero-order valence-corrected chi connectivity index (χ0v) is 13.2. The minimum atomic E-state index is -0.417. The van der Waals surface area contributed by atoms with Crippen LogP contribution in [0.3, 0.4) is 0 Å². The summed E-state index contributed by atoms with van der Waals surface area (Å²) in [6.45, 7) is 2.25. The molecule has 108 valence electrons. The Labute approximate surface area is 130 Å². The number of hydroxylamine groups is 2. The Morgan fingerprint density at radius 1 is 1.45 bits per heavy atom. The van der Waals surface area contributed by atoms with Crippen LogP contribution in [-0.4, -0.2) is 41.0 Å². The standard InChI is InChI=1S/C14H16INO4/c1-8-12-11(7-17)20-16(13(12)14(18)19-8)6-9-3-2-4-10(15)5-9/h2-5,8,11-13,17H,6-7H2,1H3/t8-,11-,12+,13-/m0/s1. The van der Waals surface area contributed by atoms with Gasteiger partial charge in [0.05, 0.1) is 19.1 Å². The molecule has 1 aromatic rings. The van der Waals surface area contributed by atoms with Gasteiger partial charge in [-0.2, -0.15) is 5.06 Å². The van der Waals surface area contributed by atoms with Gasteiger partial charge in [-0.1, -0.05) is 12.1 Å². The number of aliphatic hydroxyl groups excluding tert-OH is 1. The lowest BCUT2D eigenvalue weighted by Crippen LogP contribution is -2.35. The first-order chi connectivity index (χ1) is 9.60. The molecule has 0 spiro atoms. The molecule has 1 aromatic carbocycles. The van der Waals surface area contributed by atoms with Crippen molar-refractivity contribution in [1.29, 1.82) is 0 Å². The molecule has 3 rings (SSSR count). The van der Waals surface area contributed by atoms with Crippen molar-refractivity contribution in [3.05, 3.63) is 33.4 Å². The maximum absolute atomic E-state index is 12.0. The van der Waals surface area contributed by atoms with Crippen LogP contribution >= 0.6 is 22.6 Å². The summed E-state index contributed by atoms with van der Waals surface area (Å²) in [6, 6.07) is 7.62. The van der Waals surface area contributed by atoms with Gasteiger partial charge in [0.25, 0.3) is 0 Å². The molecule has 2 aliphatic rings. The maximum Gasteiger partial charge on any atom is 0.326 e. The van der Waals surface area contributed by atoms with E-state index in [1.807, 2.05) is 25.1 Å². The van der Waals surface area contributed by atoms with Gasteiger partial charge in [-0.05, 0) is 47.2 Å². The molecule has 6 heteroatoms. The molecule has 0 aliphatic carbocycles. The molecular weight excluding hydrogens is 373 g/mol. The quantitative estimate of drug-likeness (QED) is 0.625. The largest absolute Gasteiger partial charge is 0.461 e. The SMILES string of the molecule is C[C@@H]1OC(=O)[C@@H]2[C@H]1[C@H](CO)ON2Cc1cccc(I)c1. The van der Waals surface area contributed by atoms with Crippen LogP contribution in [0.1, 0.15) is 12.5 Å². The Morgan fingerprint density at radius 3 is 2.95 bits per heavy atom. The number of cyclic esters (lactones) is 1. The third-order valence-corrected chi connectivity index (χ3v) is 4.54. The minimum Gasteiger partial charge on any atom is -0.461 e. The third kappa shape index (κ3) is 2.45. The number of aliphatic hydroxyl groups is 1. The normalized spacial score (nSPS) is 33.2. The van der Waals surface area contributed by atoms with E-state index in [9.17, 15) is 9.90 Å². The Hall–Kier alpha value is -0.700. The summed E-state index contributed by atoms with van der Waals surface area (Å²) in [5.41, 5.74) is 1.07. The molecular formula is C14H16INO4. The van der Waals surface area contributed by atoms with Crippen molar-refractivity contribution in [3.8, 4) is 0 Å². The van der Waals surface area contributed by atoms with Gasteiger partial charge in [-0.25, -0.2) is 0 Å². The van der Waals surface area contributed by atoms with Gasteiger partial charge >= 0.3 is 5.97 Å². The number of hydrogen-bond acceptors (Lipinski definition) is 5. The molecule has 2 fully saturated rings.